The fourth-order valence-corrected chi connectivity index (χ4v) is 2.13. The molecule has 92 valence electrons. The molecular weight excluding hydrogens is 222 g/mol. The van der Waals surface area contributed by atoms with Crippen LogP contribution in [0.2, 0.25) is 0 Å². The molecule has 0 bridgehead atoms. The van der Waals surface area contributed by atoms with Gasteiger partial charge >= 0.3 is 5.97 Å². The van der Waals surface area contributed by atoms with Crippen molar-refractivity contribution in [1.82, 2.24) is 4.90 Å². The van der Waals surface area contributed by atoms with Gasteiger partial charge in [0.1, 0.15) is 11.5 Å². The number of carboxylic acids is 1. The molecule has 5 heteroatoms. The molecule has 1 fully saturated rings. The first-order valence-electron chi connectivity index (χ1n) is 5.55. The van der Waals surface area contributed by atoms with E-state index in [1.165, 1.54) is 0 Å². The van der Waals surface area contributed by atoms with E-state index in [1.807, 2.05) is 0 Å². The van der Waals surface area contributed by atoms with Crippen molar-refractivity contribution in [2.45, 2.75) is 20.3 Å². The Hall–Kier alpha value is -1.78. The number of likely N-dealkylation sites (tertiary alicyclic amines) is 1. The average molecular weight is 237 g/mol. The van der Waals surface area contributed by atoms with E-state index in [0.29, 0.717) is 30.2 Å². The smallest absolute Gasteiger partial charge is 0.303 e. The SMILES string of the molecule is Cc1cc(C(=O)N2CC(CC(=O)O)C2)c(C)o1. The molecule has 1 aliphatic heterocycles. The molecule has 0 saturated carbocycles. The number of amides is 1. The number of carbonyl (C=O) groups excluding carboxylic acids is 1. The van der Waals surface area contributed by atoms with Gasteiger partial charge in [0.15, 0.2) is 0 Å². The first kappa shape index (κ1) is 11.7. The summed E-state index contributed by atoms with van der Waals surface area (Å²) in [6.07, 6.45) is 0.132. The molecule has 1 aromatic heterocycles. The second-order valence-electron chi connectivity index (χ2n) is 4.50. The minimum Gasteiger partial charge on any atom is -0.481 e. The van der Waals surface area contributed by atoms with Crippen LogP contribution in [0.1, 0.15) is 28.3 Å². The van der Waals surface area contributed by atoms with Crippen molar-refractivity contribution in [3.05, 3.63) is 23.2 Å². The monoisotopic (exact) mass is 237 g/mol. The van der Waals surface area contributed by atoms with Crippen molar-refractivity contribution >= 4 is 11.9 Å². The lowest BCUT2D eigenvalue weighted by Crippen LogP contribution is -2.50. The summed E-state index contributed by atoms with van der Waals surface area (Å²) in [7, 11) is 0. The molecule has 0 unspecified atom stereocenters. The van der Waals surface area contributed by atoms with Crippen LogP contribution in [0.4, 0.5) is 0 Å². The van der Waals surface area contributed by atoms with Crippen LogP contribution in [-0.2, 0) is 4.79 Å². The molecule has 17 heavy (non-hydrogen) atoms. The van der Waals surface area contributed by atoms with Gasteiger partial charge in [0.05, 0.1) is 12.0 Å². The fraction of sp³-hybridized carbons (Fsp3) is 0.500. The number of rotatable bonds is 3. The summed E-state index contributed by atoms with van der Waals surface area (Å²) >= 11 is 0. The van der Waals surface area contributed by atoms with Crippen LogP contribution >= 0.6 is 0 Å². The van der Waals surface area contributed by atoms with Crippen molar-refractivity contribution in [2.75, 3.05) is 13.1 Å². The maximum absolute atomic E-state index is 12.0. The van der Waals surface area contributed by atoms with Crippen LogP contribution in [0.25, 0.3) is 0 Å². The number of furan rings is 1. The third-order valence-electron chi connectivity index (χ3n) is 2.98. The minimum atomic E-state index is -0.808. The molecule has 2 rings (SSSR count). The molecule has 5 nitrogen and oxygen atoms in total. The summed E-state index contributed by atoms with van der Waals surface area (Å²) in [6, 6.07) is 1.72. The van der Waals surface area contributed by atoms with Crippen molar-refractivity contribution in [2.24, 2.45) is 5.92 Å². The van der Waals surface area contributed by atoms with Crippen LogP contribution in [0.5, 0.6) is 0 Å². The van der Waals surface area contributed by atoms with E-state index in [1.54, 1.807) is 24.8 Å². The number of hydrogen-bond acceptors (Lipinski definition) is 3. The van der Waals surface area contributed by atoms with Crippen molar-refractivity contribution in [3.8, 4) is 0 Å². The molecule has 2 heterocycles. The average Bonchev–Trinajstić information content (AvgIpc) is 2.49. The summed E-state index contributed by atoms with van der Waals surface area (Å²) in [4.78, 5) is 24.2. The standard InChI is InChI=1S/C12H15NO4/c1-7-3-10(8(2)17-7)12(16)13-5-9(6-13)4-11(14)15/h3,9H,4-6H2,1-2H3,(H,14,15). The molecule has 1 amide bonds. The Morgan fingerprint density at radius 3 is 2.59 bits per heavy atom. The summed E-state index contributed by atoms with van der Waals surface area (Å²) in [5.41, 5.74) is 0.580. The number of hydrogen-bond donors (Lipinski definition) is 1. The second kappa shape index (κ2) is 4.24. The van der Waals surface area contributed by atoms with Gasteiger partial charge in [0, 0.05) is 19.0 Å². The Balaban J connectivity index is 1.95. The highest BCUT2D eigenvalue weighted by Crippen LogP contribution is 2.24. The Bertz CT molecular complexity index is 457. The second-order valence-corrected chi connectivity index (χ2v) is 4.50. The van der Waals surface area contributed by atoms with E-state index in [2.05, 4.69) is 0 Å². The summed E-state index contributed by atoms with van der Waals surface area (Å²) < 4.78 is 5.30. The predicted molar refractivity (Wildman–Crippen MR) is 59.8 cm³/mol. The van der Waals surface area contributed by atoms with E-state index in [-0.39, 0.29) is 18.2 Å². The molecule has 0 spiro atoms. The molecule has 0 aliphatic carbocycles. The van der Waals surface area contributed by atoms with Gasteiger partial charge < -0.3 is 14.4 Å². The Morgan fingerprint density at radius 2 is 2.12 bits per heavy atom. The number of carboxylic acid groups (broad SMARTS) is 1. The third-order valence-corrected chi connectivity index (χ3v) is 2.98. The highest BCUT2D eigenvalue weighted by atomic mass is 16.4. The number of aliphatic carboxylic acids is 1. The molecule has 1 saturated heterocycles. The topological polar surface area (TPSA) is 70.8 Å². The zero-order valence-electron chi connectivity index (χ0n) is 9.90. The zero-order chi connectivity index (χ0) is 12.6. The van der Waals surface area contributed by atoms with E-state index >= 15 is 0 Å². The Labute approximate surface area is 99.0 Å². The van der Waals surface area contributed by atoms with Crippen molar-refractivity contribution in [1.29, 1.82) is 0 Å². The number of aryl methyl sites for hydroxylation is 2. The van der Waals surface area contributed by atoms with E-state index in [9.17, 15) is 9.59 Å². The van der Waals surface area contributed by atoms with Gasteiger partial charge in [0.2, 0.25) is 0 Å². The van der Waals surface area contributed by atoms with E-state index in [4.69, 9.17) is 9.52 Å². The molecule has 0 aromatic carbocycles. The van der Waals surface area contributed by atoms with E-state index in [0.717, 1.165) is 0 Å². The van der Waals surface area contributed by atoms with Crippen molar-refractivity contribution in [3.63, 3.8) is 0 Å². The van der Waals surface area contributed by atoms with Gasteiger partial charge in [-0.15, -0.1) is 0 Å². The van der Waals surface area contributed by atoms with Crippen LogP contribution in [0, 0.1) is 19.8 Å². The summed E-state index contributed by atoms with van der Waals surface area (Å²) in [5, 5.41) is 8.62. The molecule has 1 aliphatic rings. The molecule has 1 aromatic rings. The van der Waals surface area contributed by atoms with Gasteiger partial charge in [0.25, 0.3) is 5.91 Å². The Kier molecular flexibility index (Phi) is 2.92. The number of carbonyl (C=O) groups is 2. The van der Waals surface area contributed by atoms with Crippen molar-refractivity contribution < 1.29 is 19.1 Å². The van der Waals surface area contributed by atoms with Crippen LogP contribution < -0.4 is 0 Å². The third kappa shape index (κ3) is 2.33. The highest BCUT2D eigenvalue weighted by molar-refractivity contribution is 5.95. The normalized spacial score (nSPS) is 15.8. The first-order chi connectivity index (χ1) is 7.97. The van der Waals surface area contributed by atoms with Gasteiger partial charge in [-0.3, -0.25) is 9.59 Å². The van der Waals surface area contributed by atoms with Gasteiger partial charge in [-0.1, -0.05) is 0 Å². The van der Waals surface area contributed by atoms with Crippen LogP contribution in [0.3, 0.4) is 0 Å². The summed E-state index contributed by atoms with van der Waals surface area (Å²) in [6.45, 7) is 4.60. The lowest BCUT2D eigenvalue weighted by Gasteiger charge is -2.38. The first-order valence-corrected chi connectivity index (χ1v) is 5.55. The largest absolute Gasteiger partial charge is 0.481 e. The molecule has 0 radical (unpaired) electrons. The van der Waals surface area contributed by atoms with Crippen LogP contribution in [-0.4, -0.2) is 35.0 Å². The lowest BCUT2D eigenvalue weighted by molar-refractivity contribution is -0.139. The zero-order valence-corrected chi connectivity index (χ0v) is 9.90. The number of nitrogens with zero attached hydrogens (tertiary/aromatic N) is 1. The molecule has 1 N–H and O–H groups in total. The molecule has 0 atom stereocenters. The quantitative estimate of drug-likeness (QED) is 0.863. The predicted octanol–water partition coefficient (Wildman–Crippen LogP) is 1.44. The van der Waals surface area contributed by atoms with Gasteiger partial charge in [-0.2, -0.15) is 0 Å². The lowest BCUT2D eigenvalue weighted by atomic mass is 9.95. The van der Waals surface area contributed by atoms with Crippen LogP contribution in [0.15, 0.2) is 10.5 Å². The van der Waals surface area contributed by atoms with Gasteiger partial charge in [-0.25, -0.2) is 0 Å². The maximum atomic E-state index is 12.0. The molecular formula is C12H15NO4. The fourth-order valence-electron chi connectivity index (χ4n) is 2.13. The highest BCUT2D eigenvalue weighted by Gasteiger charge is 2.33. The van der Waals surface area contributed by atoms with Gasteiger partial charge in [-0.05, 0) is 19.9 Å². The maximum Gasteiger partial charge on any atom is 0.303 e. The Morgan fingerprint density at radius 1 is 1.47 bits per heavy atom. The van der Waals surface area contributed by atoms with E-state index < -0.39 is 5.97 Å². The minimum absolute atomic E-state index is 0.0685. The summed E-state index contributed by atoms with van der Waals surface area (Å²) in [5.74, 6) is 0.547.